The second-order valence-corrected chi connectivity index (χ2v) is 6.61. The Morgan fingerprint density at radius 2 is 1.76 bits per heavy atom. The largest absolute Gasteiger partial charge is 0.329 e. The molecule has 0 spiro atoms. The van der Waals surface area contributed by atoms with Crippen LogP contribution in [0, 0.1) is 0 Å². The Morgan fingerprint density at radius 3 is 2.38 bits per heavy atom. The average Bonchev–Trinajstić information content (AvgIpc) is 2.53. The molecule has 3 N–H and O–H groups in total. The van der Waals surface area contributed by atoms with E-state index in [4.69, 9.17) is 5.73 Å². The standard InChI is InChI=1S/C15H19N3O2S/c16-12-15(14-4-2-1-3-5-14)18-21(19,20)11-8-13-6-9-17-10-7-13/h1-7,9-10,15,18H,8,11-12,16H2. The Labute approximate surface area is 125 Å². The summed E-state index contributed by atoms with van der Waals surface area (Å²) in [5.74, 6) is 0.0281. The Kier molecular flexibility index (Phi) is 5.44. The Bertz CT molecular complexity index is 645. The van der Waals surface area contributed by atoms with Crippen molar-refractivity contribution in [2.45, 2.75) is 12.5 Å². The van der Waals surface area contributed by atoms with E-state index in [0.29, 0.717) is 6.42 Å². The summed E-state index contributed by atoms with van der Waals surface area (Å²) in [6.45, 7) is 0.221. The van der Waals surface area contributed by atoms with E-state index < -0.39 is 16.1 Å². The van der Waals surface area contributed by atoms with Crippen molar-refractivity contribution in [2.75, 3.05) is 12.3 Å². The number of nitrogens with one attached hydrogen (secondary N) is 1. The van der Waals surface area contributed by atoms with Crippen molar-refractivity contribution in [2.24, 2.45) is 5.73 Å². The lowest BCUT2D eigenvalue weighted by Crippen LogP contribution is -2.35. The molecule has 1 heterocycles. The number of sulfonamides is 1. The molecule has 5 nitrogen and oxygen atoms in total. The van der Waals surface area contributed by atoms with Gasteiger partial charge in [0, 0.05) is 18.9 Å². The molecule has 0 radical (unpaired) electrons. The van der Waals surface area contributed by atoms with Crippen LogP contribution in [0.4, 0.5) is 0 Å². The zero-order chi connectivity index (χ0) is 15.1. The van der Waals surface area contributed by atoms with E-state index in [2.05, 4.69) is 9.71 Å². The quantitative estimate of drug-likeness (QED) is 0.806. The van der Waals surface area contributed by atoms with Crippen LogP contribution in [-0.2, 0) is 16.4 Å². The molecule has 1 atom stereocenters. The average molecular weight is 305 g/mol. The Balaban J connectivity index is 1.99. The number of nitrogens with zero attached hydrogens (tertiary/aromatic N) is 1. The number of pyridine rings is 1. The molecule has 0 aliphatic heterocycles. The summed E-state index contributed by atoms with van der Waals surface area (Å²) in [5.41, 5.74) is 7.50. The summed E-state index contributed by atoms with van der Waals surface area (Å²) in [4.78, 5) is 3.91. The number of benzene rings is 1. The van der Waals surface area contributed by atoms with Crippen molar-refractivity contribution in [1.29, 1.82) is 0 Å². The SMILES string of the molecule is NCC(NS(=O)(=O)CCc1ccncc1)c1ccccc1. The van der Waals surface area contributed by atoms with Crippen LogP contribution in [0.5, 0.6) is 0 Å². The summed E-state index contributed by atoms with van der Waals surface area (Å²) < 4.78 is 27.0. The minimum atomic E-state index is -3.39. The maximum absolute atomic E-state index is 12.2. The molecule has 0 fully saturated rings. The fourth-order valence-corrected chi connectivity index (χ4v) is 3.30. The van der Waals surface area contributed by atoms with Gasteiger partial charge in [0.15, 0.2) is 0 Å². The molecular formula is C15H19N3O2S. The van der Waals surface area contributed by atoms with E-state index in [0.717, 1.165) is 11.1 Å². The summed E-state index contributed by atoms with van der Waals surface area (Å²) in [7, 11) is -3.39. The molecule has 0 aliphatic rings. The molecule has 0 saturated heterocycles. The van der Waals surface area contributed by atoms with Gasteiger partial charge >= 0.3 is 0 Å². The predicted octanol–water partition coefficient (Wildman–Crippen LogP) is 1.24. The molecule has 0 aliphatic carbocycles. The number of hydrogen-bond acceptors (Lipinski definition) is 4. The summed E-state index contributed by atoms with van der Waals surface area (Å²) in [6, 6.07) is 12.6. The number of aryl methyl sites for hydroxylation is 1. The number of nitrogens with two attached hydrogens (primary N) is 1. The third kappa shape index (κ3) is 4.93. The van der Waals surface area contributed by atoms with E-state index in [1.165, 1.54) is 0 Å². The van der Waals surface area contributed by atoms with Gasteiger partial charge in [0.1, 0.15) is 0 Å². The lowest BCUT2D eigenvalue weighted by Gasteiger charge is -2.17. The van der Waals surface area contributed by atoms with Gasteiger partial charge in [0.25, 0.3) is 0 Å². The van der Waals surface area contributed by atoms with Crippen LogP contribution in [0.15, 0.2) is 54.9 Å². The fraction of sp³-hybridized carbons (Fsp3) is 0.267. The van der Waals surface area contributed by atoms with Crippen molar-refractivity contribution >= 4 is 10.0 Å². The van der Waals surface area contributed by atoms with Crippen LogP contribution in [0.3, 0.4) is 0 Å². The van der Waals surface area contributed by atoms with E-state index >= 15 is 0 Å². The second kappa shape index (κ2) is 7.31. The van der Waals surface area contributed by atoms with Crippen molar-refractivity contribution in [1.82, 2.24) is 9.71 Å². The van der Waals surface area contributed by atoms with E-state index in [-0.39, 0.29) is 12.3 Å². The number of aromatic nitrogens is 1. The van der Waals surface area contributed by atoms with Crippen molar-refractivity contribution in [3.63, 3.8) is 0 Å². The molecule has 2 aromatic rings. The third-order valence-corrected chi connectivity index (χ3v) is 4.55. The molecule has 1 aromatic carbocycles. The lowest BCUT2D eigenvalue weighted by molar-refractivity contribution is 0.557. The zero-order valence-electron chi connectivity index (χ0n) is 11.6. The molecule has 21 heavy (non-hydrogen) atoms. The van der Waals surface area contributed by atoms with Gasteiger partial charge in [0.05, 0.1) is 11.8 Å². The highest BCUT2D eigenvalue weighted by molar-refractivity contribution is 7.89. The van der Waals surface area contributed by atoms with Gasteiger partial charge in [-0.1, -0.05) is 30.3 Å². The summed E-state index contributed by atoms with van der Waals surface area (Å²) >= 11 is 0. The lowest BCUT2D eigenvalue weighted by atomic mass is 10.1. The highest BCUT2D eigenvalue weighted by Crippen LogP contribution is 2.12. The highest BCUT2D eigenvalue weighted by atomic mass is 32.2. The highest BCUT2D eigenvalue weighted by Gasteiger charge is 2.18. The van der Waals surface area contributed by atoms with Gasteiger partial charge in [-0.2, -0.15) is 0 Å². The topological polar surface area (TPSA) is 85.1 Å². The molecule has 0 amide bonds. The van der Waals surface area contributed by atoms with Gasteiger partial charge in [-0.3, -0.25) is 4.98 Å². The van der Waals surface area contributed by atoms with E-state index in [1.807, 2.05) is 42.5 Å². The molecule has 1 aromatic heterocycles. The van der Waals surface area contributed by atoms with Gasteiger partial charge in [-0.15, -0.1) is 0 Å². The molecule has 0 bridgehead atoms. The number of rotatable bonds is 7. The van der Waals surface area contributed by atoms with Gasteiger partial charge in [-0.25, -0.2) is 13.1 Å². The van der Waals surface area contributed by atoms with Gasteiger partial charge < -0.3 is 5.73 Å². The molecule has 2 rings (SSSR count). The minimum Gasteiger partial charge on any atom is -0.329 e. The molecule has 112 valence electrons. The first-order chi connectivity index (χ1) is 10.1. The Hall–Kier alpha value is -1.76. The smallest absolute Gasteiger partial charge is 0.212 e. The van der Waals surface area contributed by atoms with Crippen LogP contribution in [0.25, 0.3) is 0 Å². The minimum absolute atomic E-state index is 0.0281. The maximum atomic E-state index is 12.2. The third-order valence-electron chi connectivity index (χ3n) is 3.17. The van der Waals surface area contributed by atoms with Crippen LogP contribution in [-0.4, -0.2) is 25.7 Å². The van der Waals surface area contributed by atoms with Crippen LogP contribution < -0.4 is 10.5 Å². The van der Waals surface area contributed by atoms with Gasteiger partial charge in [-0.05, 0) is 29.7 Å². The first-order valence-corrected chi connectivity index (χ1v) is 8.40. The van der Waals surface area contributed by atoms with Crippen molar-refractivity contribution in [3.05, 3.63) is 66.0 Å². The first kappa shape index (κ1) is 15.6. The second-order valence-electron chi connectivity index (χ2n) is 4.74. The van der Waals surface area contributed by atoms with Crippen molar-refractivity contribution in [3.8, 4) is 0 Å². The van der Waals surface area contributed by atoms with Gasteiger partial charge in [0.2, 0.25) is 10.0 Å². The molecule has 6 heteroatoms. The maximum Gasteiger partial charge on any atom is 0.212 e. The van der Waals surface area contributed by atoms with Crippen LogP contribution >= 0.6 is 0 Å². The normalized spacial score (nSPS) is 13.0. The summed E-state index contributed by atoms with van der Waals surface area (Å²) in [5, 5.41) is 0. The predicted molar refractivity (Wildman–Crippen MR) is 83.1 cm³/mol. The molecular weight excluding hydrogens is 286 g/mol. The van der Waals surface area contributed by atoms with E-state index in [9.17, 15) is 8.42 Å². The van der Waals surface area contributed by atoms with Crippen molar-refractivity contribution < 1.29 is 8.42 Å². The molecule has 1 unspecified atom stereocenters. The molecule has 0 saturated carbocycles. The monoisotopic (exact) mass is 305 g/mol. The van der Waals surface area contributed by atoms with Crippen LogP contribution in [0.1, 0.15) is 17.2 Å². The summed E-state index contributed by atoms with van der Waals surface area (Å²) in [6.07, 6.45) is 3.76. The number of hydrogen-bond donors (Lipinski definition) is 2. The van der Waals surface area contributed by atoms with E-state index in [1.54, 1.807) is 12.4 Å². The Morgan fingerprint density at radius 1 is 1.10 bits per heavy atom. The zero-order valence-corrected chi connectivity index (χ0v) is 12.5. The first-order valence-electron chi connectivity index (χ1n) is 6.74. The fourth-order valence-electron chi connectivity index (χ4n) is 2.01. The van der Waals surface area contributed by atoms with Crippen LogP contribution in [0.2, 0.25) is 0 Å².